The molecule has 2 aromatic rings. The van der Waals surface area contributed by atoms with Gasteiger partial charge in [-0.2, -0.15) is 5.10 Å². The molecular formula is C13H15N3O2. The second-order valence-electron chi connectivity index (χ2n) is 4.93. The molecule has 3 N–H and O–H groups in total. The van der Waals surface area contributed by atoms with Gasteiger partial charge in [0, 0.05) is 17.5 Å². The lowest BCUT2D eigenvalue weighted by atomic mass is 9.80. The second kappa shape index (κ2) is 4.10. The SMILES string of the molecule is O=C(NCC1(O)CCC1)c1ccc2[nH]ncc2c1. The van der Waals surface area contributed by atoms with E-state index >= 15 is 0 Å². The molecule has 0 atom stereocenters. The Labute approximate surface area is 104 Å². The van der Waals surface area contributed by atoms with Crippen molar-refractivity contribution in [2.45, 2.75) is 24.9 Å². The number of aromatic nitrogens is 2. The fraction of sp³-hybridized carbons (Fsp3) is 0.385. The highest BCUT2D eigenvalue weighted by atomic mass is 16.3. The van der Waals surface area contributed by atoms with Crippen molar-refractivity contribution in [1.29, 1.82) is 0 Å². The molecule has 1 saturated carbocycles. The summed E-state index contributed by atoms with van der Waals surface area (Å²) in [7, 11) is 0. The molecule has 1 aliphatic carbocycles. The van der Waals surface area contributed by atoms with E-state index in [-0.39, 0.29) is 5.91 Å². The van der Waals surface area contributed by atoms with Gasteiger partial charge in [-0.25, -0.2) is 0 Å². The van der Waals surface area contributed by atoms with E-state index in [0.29, 0.717) is 12.1 Å². The van der Waals surface area contributed by atoms with Crippen molar-refractivity contribution in [3.05, 3.63) is 30.0 Å². The Kier molecular flexibility index (Phi) is 2.56. The molecule has 5 nitrogen and oxygen atoms in total. The van der Waals surface area contributed by atoms with Crippen LogP contribution in [0.1, 0.15) is 29.6 Å². The Balaban J connectivity index is 1.71. The van der Waals surface area contributed by atoms with Crippen LogP contribution in [0.5, 0.6) is 0 Å². The number of nitrogens with one attached hydrogen (secondary N) is 2. The van der Waals surface area contributed by atoms with Gasteiger partial charge in [-0.15, -0.1) is 0 Å². The minimum absolute atomic E-state index is 0.154. The predicted octanol–water partition coefficient (Wildman–Crippen LogP) is 1.21. The first-order valence-electron chi connectivity index (χ1n) is 6.10. The summed E-state index contributed by atoms with van der Waals surface area (Å²) in [6.07, 6.45) is 4.26. The number of rotatable bonds is 3. The minimum Gasteiger partial charge on any atom is -0.388 e. The standard InChI is InChI=1S/C13H15N3O2/c17-12(14-8-13(18)4-1-5-13)9-2-3-11-10(6-9)7-15-16-11/h2-3,6-7,18H,1,4-5,8H2,(H,14,17)(H,15,16). The molecular weight excluding hydrogens is 230 g/mol. The Morgan fingerprint density at radius 3 is 3.06 bits per heavy atom. The minimum atomic E-state index is -0.685. The van der Waals surface area contributed by atoms with Gasteiger partial charge in [-0.3, -0.25) is 9.89 Å². The molecule has 0 saturated heterocycles. The number of benzene rings is 1. The molecule has 0 bridgehead atoms. The van der Waals surface area contributed by atoms with E-state index in [1.807, 2.05) is 6.07 Å². The van der Waals surface area contributed by atoms with Crippen LogP contribution in [-0.2, 0) is 0 Å². The van der Waals surface area contributed by atoms with Gasteiger partial charge in [0.25, 0.3) is 5.91 Å². The molecule has 0 unspecified atom stereocenters. The van der Waals surface area contributed by atoms with Gasteiger partial charge in [0.2, 0.25) is 0 Å². The normalized spacial score (nSPS) is 17.4. The molecule has 1 heterocycles. The molecule has 1 aromatic heterocycles. The van der Waals surface area contributed by atoms with Crippen molar-refractivity contribution in [3.8, 4) is 0 Å². The predicted molar refractivity (Wildman–Crippen MR) is 67.2 cm³/mol. The first-order chi connectivity index (χ1) is 8.66. The summed E-state index contributed by atoms with van der Waals surface area (Å²) in [5, 5.41) is 20.4. The van der Waals surface area contributed by atoms with E-state index in [4.69, 9.17) is 0 Å². The van der Waals surface area contributed by atoms with Crippen molar-refractivity contribution in [3.63, 3.8) is 0 Å². The molecule has 18 heavy (non-hydrogen) atoms. The maximum absolute atomic E-state index is 11.9. The van der Waals surface area contributed by atoms with Crippen molar-refractivity contribution in [1.82, 2.24) is 15.5 Å². The molecule has 1 amide bonds. The Bertz CT molecular complexity index is 587. The van der Waals surface area contributed by atoms with E-state index in [1.54, 1.807) is 18.3 Å². The van der Waals surface area contributed by atoms with E-state index in [1.165, 1.54) is 0 Å². The zero-order chi connectivity index (χ0) is 12.6. The Morgan fingerprint density at radius 1 is 1.50 bits per heavy atom. The van der Waals surface area contributed by atoms with E-state index < -0.39 is 5.60 Å². The molecule has 1 fully saturated rings. The number of hydrogen-bond acceptors (Lipinski definition) is 3. The highest BCUT2D eigenvalue weighted by Crippen LogP contribution is 2.30. The lowest BCUT2D eigenvalue weighted by Gasteiger charge is -2.36. The summed E-state index contributed by atoms with van der Waals surface area (Å²) >= 11 is 0. The van der Waals surface area contributed by atoms with Crippen LogP contribution in [-0.4, -0.2) is 33.4 Å². The van der Waals surface area contributed by atoms with Crippen molar-refractivity contribution in [2.75, 3.05) is 6.54 Å². The highest BCUT2D eigenvalue weighted by molar-refractivity contribution is 5.97. The van der Waals surface area contributed by atoms with E-state index in [0.717, 1.165) is 30.2 Å². The quantitative estimate of drug-likeness (QED) is 0.760. The third-order valence-electron chi connectivity index (χ3n) is 3.56. The lowest BCUT2D eigenvalue weighted by Crippen LogP contribution is -2.47. The van der Waals surface area contributed by atoms with Gasteiger partial charge in [0.05, 0.1) is 17.3 Å². The maximum atomic E-state index is 11.9. The molecule has 94 valence electrons. The van der Waals surface area contributed by atoms with Crippen molar-refractivity contribution in [2.24, 2.45) is 0 Å². The maximum Gasteiger partial charge on any atom is 0.251 e. The van der Waals surface area contributed by atoms with Crippen LogP contribution in [0.25, 0.3) is 10.9 Å². The first kappa shape index (κ1) is 11.2. The van der Waals surface area contributed by atoms with Crippen LogP contribution in [0, 0.1) is 0 Å². The number of aliphatic hydroxyl groups is 1. The molecule has 3 rings (SSSR count). The zero-order valence-corrected chi connectivity index (χ0v) is 9.94. The van der Waals surface area contributed by atoms with E-state index in [2.05, 4.69) is 15.5 Å². The molecule has 5 heteroatoms. The average Bonchev–Trinajstić information content (AvgIpc) is 2.80. The van der Waals surface area contributed by atoms with E-state index in [9.17, 15) is 9.90 Å². The molecule has 0 aliphatic heterocycles. The van der Waals surface area contributed by atoms with Gasteiger partial charge in [-0.05, 0) is 37.5 Å². The number of aromatic amines is 1. The second-order valence-corrected chi connectivity index (χ2v) is 4.93. The summed E-state index contributed by atoms with van der Waals surface area (Å²) in [6, 6.07) is 5.37. The molecule has 0 radical (unpaired) electrons. The van der Waals surface area contributed by atoms with Gasteiger partial charge in [0.15, 0.2) is 0 Å². The summed E-state index contributed by atoms with van der Waals surface area (Å²) in [5.41, 5.74) is 0.811. The number of carbonyl (C=O) groups excluding carboxylic acids is 1. The monoisotopic (exact) mass is 245 g/mol. The van der Waals surface area contributed by atoms with Crippen molar-refractivity contribution < 1.29 is 9.90 Å². The fourth-order valence-corrected chi connectivity index (χ4v) is 2.19. The Hall–Kier alpha value is -1.88. The van der Waals surface area contributed by atoms with Gasteiger partial charge < -0.3 is 10.4 Å². The molecule has 0 spiro atoms. The largest absolute Gasteiger partial charge is 0.388 e. The summed E-state index contributed by atoms with van der Waals surface area (Å²) in [6.45, 7) is 0.329. The summed E-state index contributed by atoms with van der Waals surface area (Å²) < 4.78 is 0. The van der Waals surface area contributed by atoms with Crippen LogP contribution in [0.4, 0.5) is 0 Å². The topological polar surface area (TPSA) is 78.0 Å². The summed E-state index contributed by atoms with van der Waals surface area (Å²) in [4.78, 5) is 11.9. The number of amides is 1. The van der Waals surface area contributed by atoms with Crippen LogP contribution in [0.3, 0.4) is 0 Å². The molecule has 1 aromatic carbocycles. The highest BCUT2D eigenvalue weighted by Gasteiger charge is 2.34. The van der Waals surface area contributed by atoms with Gasteiger partial charge in [-0.1, -0.05) is 0 Å². The third-order valence-corrected chi connectivity index (χ3v) is 3.56. The summed E-state index contributed by atoms with van der Waals surface area (Å²) in [5.74, 6) is -0.154. The lowest BCUT2D eigenvalue weighted by molar-refractivity contribution is -0.0300. The van der Waals surface area contributed by atoms with Crippen LogP contribution >= 0.6 is 0 Å². The van der Waals surface area contributed by atoms with Crippen LogP contribution in [0.2, 0.25) is 0 Å². The zero-order valence-electron chi connectivity index (χ0n) is 9.94. The Morgan fingerprint density at radius 2 is 2.33 bits per heavy atom. The molecule has 1 aliphatic rings. The average molecular weight is 245 g/mol. The van der Waals surface area contributed by atoms with Crippen LogP contribution in [0.15, 0.2) is 24.4 Å². The van der Waals surface area contributed by atoms with Gasteiger partial charge in [0.1, 0.15) is 0 Å². The van der Waals surface area contributed by atoms with Gasteiger partial charge >= 0.3 is 0 Å². The first-order valence-corrected chi connectivity index (χ1v) is 6.10. The fourth-order valence-electron chi connectivity index (χ4n) is 2.19. The number of H-pyrrole nitrogens is 1. The van der Waals surface area contributed by atoms with Crippen molar-refractivity contribution >= 4 is 16.8 Å². The van der Waals surface area contributed by atoms with Crippen LogP contribution < -0.4 is 5.32 Å². The number of carbonyl (C=O) groups is 1. The number of nitrogens with zero attached hydrogens (tertiary/aromatic N) is 1. The smallest absolute Gasteiger partial charge is 0.251 e. The third kappa shape index (κ3) is 1.97. The number of hydrogen-bond donors (Lipinski definition) is 3. The number of fused-ring (bicyclic) bond motifs is 1.